The van der Waals surface area contributed by atoms with E-state index in [2.05, 4.69) is 10.1 Å². The summed E-state index contributed by atoms with van der Waals surface area (Å²) in [5.74, 6) is -0.0185. The van der Waals surface area contributed by atoms with Gasteiger partial charge in [0.2, 0.25) is 0 Å². The number of hydrogen-bond acceptors (Lipinski definition) is 3. The summed E-state index contributed by atoms with van der Waals surface area (Å²) in [7, 11) is 0. The Hall–Kier alpha value is -1.29. The normalized spacial score (nSPS) is 11.8. The molecule has 1 heterocycles. The number of aryl methyl sites for hydroxylation is 2. The van der Waals surface area contributed by atoms with E-state index in [0.717, 1.165) is 11.3 Å². The molecule has 0 saturated heterocycles. The van der Waals surface area contributed by atoms with Gasteiger partial charge in [-0.3, -0.25) is 0 Å². The van der Waals surface area contributed by atoms with Gasteiger partial charge in [-0.2, -0.15) is 0 Å². The van der Waals surface area contributed by atoms with Crippen LogP contribution in [0, 0.1) is 13.8 Å². The van der Waals surface area contributed by atoms with Crippen molar-refractivity contribution in [1.82, 2.24) is 4.98 Å². The molecule has 0 amide bonds. The molecule has 0 aliphatic rings. The van der Waals surface area contributed by atoms with E-state index in [1.165, 1.54) is 0 Å². The molecule has 0 aromatic carbocycles. The highest BCUT2D eigenvalue weighted by atomic mass is 35.5. The summed E-state index contributed by atoms with van der Waals surface area (Å²) in [5.41, 5.74) is 7.55. The number of pyridine rings is 1. The van der Waals surface area contributed by atoms with Crippen molar-refractivity contribution in [3.05, 3.63) is 28.0 Å². The highest BCUT2D eigenvalue weighted by Crippen LogP contribution is 2.17. The summed E-state index contributed by atoms with van der Waals surface area (Å²) in [6.07, 6.45) is 0. The van der Waals surface area contributed by atoms with Crippen LogP contribution in [0.5, 0.6) is 0 Å². The van der Waals surface area contributed by atoms with Gasteiger partial charge in [-0.05, 0) is 25.5 Å². The van der Waals surface area contributed by atoms with Gasteiger partial charge in [-0.1, -0.05) is 16.8 Å². The van der Waals surface area contributed by atoms with E-state index >= 15 is 0 Å². The lowest BCUT2D eigenvalue weighted by Gasteiger charge is -2.06. The van der Waals surface area contributed by atoms with Gasteiger partial charge < -0.3 is 10.9 Å². The standard InChI is InChI=1S/C8H10ClN3O/c1-4-3-5(2)11-7(9)6(4)8(10)12-13/h3,13H,1-2H3,(H2,10,12). The van der Waals surface area contributed by atoms with Crippen LogP contribution in [0.2, 0.25) is 5.15 Å². The number of nitrogens with two attached hydrogens (primary N) is 1. The maximum atomic E-state index is 8.48. The Morgan fingerprint density at radius 3 is 2.69 bits per heavy atom. The van der Waals surface area contributed by atoms with Crippen LogP contribution in [0.1, 0.15) is 16.8 Å². The molecule has 0 atom stereocenters. The minimum atomic E-state index is -0.0185. The van der Waals surface area contributed by atoms with E-state index in [1.54, 1.807) is 0 Å². The molecule has 0 bridgehead atoms. The van der Waals surface area contributed by atoms with Gasteiger partial charge in [-0.15, -0.1) is 0 Å². The maximum absolute atomic E-state index is 8.48. The van der Waals surface area contributed by atoms with Crippen molar-refractivity contribution < 1.29 is 5.21 Å². The third-order valence-electron chi connectivity index (χ3n) is 1.66. The van der Waals surface area contributed by atoms with E-state index in [4.69, 9.17) is 22.5 Å². The molecule has 1 rings (SSSR count). The Labute approximate surface area is 81.0 Å². The lowest BCUT2D eigenvalue weighted by Crippen LogP contribution is -2.16. The molecular weight excluding hydrogens is 190 g/mol. The molecule has 13 heavy (non-hydrogen) atoms. The van der Waals surface area contributed by atoms with Crippen LogP contribution in [-0.2, 0) is 0 Å². The molecular formula is C8H10ClN3O. The zero-order valence-electron chi connectivity index (χ0n) is 7.37. The molecule has 0 fully saturated rings. The van der Waals surface area contributed by atoms with Crippen molar-refractivity contribution in [3.63, 3.8) is 0 Å². The van der Waals surface area contributed by atoms with Gasteiger partial charge in [0.1, 0.15) is 5.15 Å². The van der Waals surface area contributed by atoms with E-state index in [9.17, 15) is 0 Å². The Balaban J connectivity index is 3.37. The lowest BCUT2D eigenvalue weighted by molar-refractivity contribution is 0.318. The number of halogens is 1. The minimum Gasteiger partial charge on any atom is -0.409 e. The average molecular weight is 200 g/mol. The highest BCUT2D eigenvalue weighted by Gasteiger charge is 2.10. The highest BCUT2D eigenvalue weighted by molar-refractivity contribution is 6.33. The molecule has 0 aliphatic carbocycles. The van der Waals surface area contributed by atoms with Crippen LogP contribution in [-0.4, -0.2) is 16.0 Å². The first kappa shape index (κ1) is 9.80. The van der Waals surface area contributed by atoms with Gasteiger partial charge in [0.25, 0.3) is 0 Å². The Bertz CT molecular complexity index is 339. The van der Waals surface area contributed by atoms with Gasteiger partial charge in [0.15, 0.2) is 5.84 Å². The Kier molecular flexibility index (Phi) is 2.72. The second-order valence-corrected chi connectivity index (χ2v) is 3.09. The van der Waals surface area contributed by atoms with E-state index < -0.39 is 0 Å². The molecule has 5 heteroatoms. The predicted molar refractivity (Wildman–Crippen MR) is 51.2 cm³/mol. The van der Waals surface area contributed by atoms with Crippen LogP contribution in [0.3, 0.4) is 0 Å². The SMILES string of the molecule is Cc1cc(C)c(/C(N)=N/O)c(Cl)n1. The fourth-order valence-corrected chi connectivity index (χ4v) is 1.53. The van der Waals surface area contributed by atoms with E-state index in [-0.39, 0.29) is 11.0 Å². The summed E-state index contributed by atoms with van der Waals surface area (Å²) in [6.45, 7) is 3.66. The average Bonchev–Trinajstić information content (AvgIpc) is 2.02. The number of nitrogens with zero attached hydrogens (tertiary/aromatic N) is 2. The van der Waals surface area contributed by atoms with Crippen molar-refractivity contribution in [2.75, 3.05) is 0 Å². The fourth-order valence-electron chi connectivity index (χ4n) is 1.15. The monoisotopic (exact) mass is 199 g/mol. The second kappa shape index (κ2) is 3.62. The summed E-state index contributed by atoms with van der Waals surface area (Å²) < 4.78 is 0. The molecule has 0 unspecified atom stereocenters. The summed E-state index contributed by atoms with van der Waals surface area (Å²) in [6, 6.07) is 1.82. The van der Waals surface area contributed by atoms with Crippen molar-refractivity contribution in [2.24, 2.45) is 10.9 Å². The van der Waals surface area contributed by atoms with Gasteiger partial charge in [0, 0.05) is 5.69 Å². The zero-order valence-corrected chi connectivity index (χ0v) is 8.13. The molecule has 0 radical (unpaired) electrons. The third kappa shape index (κ3) is 1.89. The van der Waals surface area contributed by atoms with Gasteiger partial charge in [0.05, 0.1) is 5.56 Å². The quantitative estimate of drug-likeness (QED) is 0.236. The first-order chi connectivity index (χ1) is 6.06. The van der Waals surface area contributed by atoms with Crippen molar-refractivity contribution >= 4 is 17.4 Å². The first-order valence-electron chi connectivity index (χ1n) is 3.68. The molecule has 1 aromatic heterocycles. The zero-order chi connectivity index (χ0) is 10.0. The molecule has 1 aromatic rings. The van der Waals surface area contributed by atoms with E-state index in [0.29, 0.717) is 5.56 Å². The Morgan fingerprint density at radius 1 is 1.62 bits per heavy atom. The number of amidine groups is 1. The van der Waals surface area contributed by atoms with Crippen LogP contribution in [0.4, 0.5) is 0 Å². The second-order valence-electron chi connectivity index (χ2n) is 2.73. The predicted octanol–water partition coefficient (Wildman–Crippen LogP) is 1.45. The van der Waals surface area contributed by atoms with Crippen LogP contribution in [0.15, 0.2) is 11.2 Å². The number of aromatic nitrogens is 1. The van der Waals surface area contributed by atoms with Crippen LogP contribution in [0.25, 0.3) is 0 Å². The lowest BCUT2D eigenvalue weighted by atomic mass is 10.1. The molecule has 70 valence electrons. The third-order valence-corrected chi connectivity index (χ3v) is 1.94. The summed E-state index contributed by atoms with van der Waals surface area (Å²) in [4.78, 5) is 4.00. The smallest absolute Gasteiger partial charge is 0.173 e. The van der Waals surface area contributed by atoms with Crippen molar-refractivity contribution in [3.8, 4) is 0 Å². The minimum absolute atomic E-state index is 0.0185. The van der Waals surface area contributed by atoms with Crippen molar-refractivity contribution in [1.29, 1.82) is 0 Å². The van der Waals surface area contributed by atoms with Crippen LogP contribution < -0.4 is 5.73 Å². The molecule has 0 saturated carbocycles. The number of rotatable bonds is 1. The van der Waals surface area contributed by atoms with Crippen molar-refractivity contribution in [2.45, 2.75) is 13.8 Å². The molecule has 4 nitrogen and oxygen atoms in total. The summed E-state index contributed by atoms with van der Waals surface area (Å²) >= 11 is 5.83. The number of hydrogen-bond donors (Lipinski definition) is 2. The van der Waals surface area contributed by atoms with Gasteiger partial charge >= 0.3 is 0 Å². The molecule has 3 N–H and O–H groups in total. The number of oxime groups is 1. The maximum Gasteiger partial charge on any atom is 0.173 e. The topological polar surface area (TPSA) is 71.5 Å². The first-order valence-corrected chi connectivity index (χ1v) is 4.05. The Morgan fingerprint density at radius 2 is 2.23 bits per heavy atom. The fraction of sp³-hybridized carbons (Fsp3) is 0.250. The molecule has 0 spiro atoms. The molecule has 0 aliphatic heterocycles. The largest absolute Gasteiger partial charge is 0.409 e. The van der Waals surface area contributed by atoms with E-state index in [1.807, 2.05) is 19.9 Å². The van der Waals surface area contributed by atoms with Gasteiger partial charge in [-0.25, -0.2) is 4.98 Å². The summed E-state index contributed by atoms with van der Waals surface area (Å²) in [5, 5.41) is 11.6. The van der Waals surface area contributed by atoms with Crippen LogP contribution >= 0.6 is 11.6 Å².